The molecule has 0 amide bonds. The van der Waals surface area contributed by atoms with Crippen LogP contribution in [0.1, 0.15) is 0 Å². The van der Waals surface area contributed by atoms with Crippen LogP contribution in [0.2, 0.25) is 0 Å². The SMILES string of the molecule is OCC(CO)(CO)CO.[K]. The molecule has 0 unspecified atom stereocenters. The third-order valence-electron chi connectivity index (χ3n) is 1.34. The van der Waals surface area contributed by atoms with Crippen LogP contribution in [-0.2, 0) is 0 Å². The van der Waals surface area contributed by atoms with Crippen LogP contribution in [0.4, 0.5) is 0 Å². The molecule has 4 N–H and O–H groups in total. The van der Waals surface area contributed by atoms with Gasteiger partial charge in [0.05, 0.1) is 31.8 Å². The summed E-state index contributed by atoms with van der Waals surface area (Å²) >= 11 is 0. The van der Waals surface area contributed by atoms with Gasteiger partial charge in [0.15, 0.2) is 0 Å². The number of aliphatic hydroxyl groups is 4. The minimum Gasteiger partial charge on any atom is -0.396 e. The summed E-state index contributed by atoms with van der Waals surface area (Å²) in [6, 6.07) is 0. The Morgan fingerprint density at radius 1 is 0.700 bits per heavy atom. The van der Waals surface area contributed by atoms with Gasteiger partial charge < -0.3 is 20.4 Å². The van der Waals surface area contributed by atoms with Gasteiger partial charge in [-0.25, -0.2) is 0 Å². The van der Waals surface area contributed by atoms with Gasteiger partial charge in [0.1, 0.15) is 0 Å². The third kappa shape index (κ3) is 3.75. The van der Waals surface area contributed by atoms with Gasteiger partial charge >= 0.3 is 0 Å². The molecule has 5 heteroatoms. The normalized spacial score (nSPS) is 10.8. The maximum absolute atomic E-state index is 8.50. The van der Waals surface area contributed by atoms with Gasteiger partial charge in [0, 0.05) is 51.4 Å². The van der Waals surface area contributed by atoms with E-state index in [4.69, 9.17) is 20.4 Å². The molecule has 0 aromatic carbocycles. The fraction of sp³-hybridized carbons (Fsp3) is 1.00. The van der Waals surface area contributed by atoms with Crippen LogP contribution in [0.25, 0.3) is 0 Å². The summed E-state index contributed by atoms with van der Waals surface area (Å²) in [5.74, 6) is 0. The summed E-state index contributed by atoms with van der Waals surface area (Å²) in [6.07, 6.45) is 0. The predicted octanol–water partition coefficient (Wildman–Crippen LogP) is -2.44. The first-order valence-electron chi connectivity index (χ1n) is 2.68. The molecule has 0 fully saturated rings. The second kappa shape index (κ2) is 7.14. The van der Waals surface area contributed by atoms with E-state index in [2.05, 4.69) is 0 Å². The second-order valence-corrected chi connectivity index (χ2v) is 2.13. The Balaban J connectivity index is 0. The van der Waals surface area contributed by atoms with E-state index in [0.29, 0.717) is 0 Å². The first-order valence-corrected chi connectivity index (χ1v) is 2.68. The van der Waals surface area contributed by atoms with Gasteiger partial charge in [-0.3, -0.25) is 0 Å². The Bertz CT molecular complexity index is 56.5. The van der Waals surface area contributed by atoms with E-state index < -0.39 is 31.8 Å². The molecule has 0 saturated carbocycles. The summed E-state index contributed by atoms with van der Waals surface area (Å²) in [7, 11) is 0. The maximum atomic E-state index is 8.50. The van der Waals surface area contributed by atoms with Gasteiger partial charge in [0.2, 0.25) is 0 Å². The zero-order valence-electron chi connectivity index (χ0n) is 6.12. The smallest absolute Gasteiger partial charge is 0.0627 e. The number of aliphatic hydroxyl groups excluding tert-OH is 4. The van der Waals surface area contributed by atoms with Crippen LogP contribution in [0.15, 0.2) is 0 Å². The van der Waals surface area contributed by atoms with E-state index in [-0.39, 0.29) is 51.4 Å². The van der Waals surface area contributed by atoms with Crippen molar-refractivity contribution in [3.8, 4) is 0 Å². The molecule has 0 aromatic heterocycles. The standard InChI is InChI=1S/C5H12O4.K/c6-1-5(2-7,3-8)4-9;/h6-9H,1-4H2;. The molecule has 0 heterocycles. The van der Waals surface area contributed by atoms with E-state index in [1.165, 1.54) is 0 Å². The number of rotatable bonds is 4. The average Bonchev–Trinajstić information content (AvgIpc) is 1.95. The van der Waals surface area contributed by atoms with Crippen LogP contribution in [0.3, 0.4) is 0 Å². The van der Waals surface area contributed by atoms with Crippen molar-refractivity contribution in [1.82, 2.24) is 0 Å². The Kier molecular flexibility index (Phi) is 10.0. The summed E-state index contributed by atoms with van der Waals surface area (Å²) in [4.78, 5) is 0. The Hall–Kier alpha value is 1.48. The van der Waals surface area contributed by atoms with Crippen molar-refractivity contribution >= 4 is 51.4 Å². The average molecular weight is 175 g/mol. The summed E-state index contributed by atoms with van der Waals surface area (Å²) in [5.41, 5.74) is -1.11. The quantitative estimate of drug-likeness (QED) is 0.358. The molecular formula is C5H12KO4. The molecule has 0 aromatic rings. The first-order chi connectivity index (χ1) is 4.24. The fourth-order valence-corrected chi connectivity index (χ4v) is 0.300. The van der Waals surface area contributed by atoms with E-state index >= 15 is 0 Å². The van der Waals surface area contributed by atoms with Crippen molar-refractivity contribution in [1.29, 1.82) is 0 Å². The Morgan fingerprint density at radius 2 is 0.900 bits per heavy atom. The summed E-state index contributed by atoms with van der Waals surface area (Å²) in [5, 5.41) is 34.0. The van der Waals surface area contributed by atoms with Crippen LogP contribution < -0.4 is 0 Å². The van der Waals surface area contributed by atoms with E-state index in [9.17, 15) is 0 Å². The molecule has 10 heavy (non-hydrogen) atoms. The molecule has 0 aliphatic carbocycles. The molecule has 0 saturated heterocycles. The molecule has 0 bridgehead atoms. The first kappa shape index (κ1) is 14.0. The third-order valence-corrected chi connectivity index (χ3v) is 1.34. The molecule has 0 atom stereocenters. The van der Waals surface area contributed by atoms with Gasteiger partial charge in [-0.2, -0.15) is 0 Å². The minimum atomic E-state index is -1.11. The summed E-state index contributed by atoms with van der Waals surface area (Å²) < 4.78 is 0. The molecule has 57 valence electrons. The van der Waals surface area contributed by atoms with Gasteiger partial charge in [-0.05, 0) is 0 Å². The monoisotopic (exact) mass is 175 g/mol. The molecule has 0 aliphatic rings. The van der Waals surface area contributed by atoms with Crippen LogP contribution in [-0.4, -0.2) is 98.2 Å². The minimum absolute atomic E-state index is 0. The molecule has 4 nitrogen and oxygen atoms in total. The maximum Gasteiger partial charge on any atom is 0.0627 e. The predicted molar refractivity (Wildman–Crippen MR) is 36.5 cm³/mol. The molecule has 0 aliphatic heterocycles. The van der Waals surface area contributed by atoms with Crippen molar-refractivity contribution < 1.29 is 20.4 Å². The zero-order chi connectivity index (χ0) is 7.33. The van der Waals surface area contributed by atoms with Crippen molar-refractivity contribution in [3.05, 3.63) is 0 Å². The molecular weight excluding hydrogens is 163 g/mol. The summed E-state index contributed by atoms with van der Waals surface area (Å²) in [6.45, 7) is -1.62. The Labute approximate surface area is 102 Å². The van der Waals surface area contributed by atoms with Gasteiger partial charge in [-0.1, -0.05) is 0 Å². The van der Waals surface area contributed by atoms with Gasteiger partial charge in [0.25, 0.3) is 0 Å². The number of hydrogen-bond acceptors (Lipinski definition) is 4. The van der Waals surface area contributed by atoms with Crippen LogP contribution in [0, 0.1) is 5.41 Å². The van der Waals surface area contributed by atoms with Crippen molar-refractivity contribution in [2.24, 2.45) is 5.41 Å². The van der Waals surface area contributed by atoms with E-state index in [1.54, 1.807) is 0 Å². The topological polar surface area (TPSA) is 80.9 Å². The zero-order valence-corrected chi connectivity index (χ0v) is 9.24. The second-order valence-electron chi connectivity index (χ2n) is 2.13. The van der Waals surface area contributed by atoms with Crippen molar-refractivity contribution in [3.63, 3.8) is 0 Å². The Morgan fingerprint density at radius 3 is 0.900 bits per heavy atom. The molecule has 1 radical (unpaired) electrons. The fourth-order valence-electron chi connectivity index (χ4n) is 0.300. The van der Waals surface area contributed by atoms with E-state index in [0.717, 1.165) is 0 Å². The van der Waals surface area contributed by atoms with Crippen LogP contribution in [0.5, 0.6) is 0 Å². The van der Waals surface area contributed by atoms with Crippen LogP contribution >= 0.6 is 0 Å². The number of hydrogen-bond donors (Lipinski definition) is 4. The van der Waals surface area contributed by atoms with Gasteiger partial charge in [-0.15, -0.1) is 0 Å². The van der Waals surface area contributed by atoms with E-state index in [1.807, 2.05) is 0 Å². The molecule has 0 spiro atoms. The van der Waals surface area contributed by atoms with Crippen molar-refractivity contribution in [2.75, 3.05) is 26.4 Å². The molecule has 0 rings (SSSR count). The van der Waals surface area contributed by atoms with Crippen molar-refractivity contribution in [2.45, 2.75) is 0 Å². The largest absolute Gasteiger partial charge is 0.396 e.